The number of hydrogen-bond acceptors (Lipinski definition) is 3. The van der Waals surface area contributed by atoms with Crippen LogP contribution in [-0.2, 0) is 22.8 Å². The van der Waals surface area contributed by atoms with Crippen molar-refractivity contribution in [3.05, 3.63) is 16.4 Å². The van der Waals surface area contributed by atoms with Gasteiger partial charge in [0.05, 0.1) is 12.3 Å². The second-order valence-electron chi connectivity index (χ2n) is 3.65. The standard InChI is InChI=1S/C9H16N2O2S2/c1-3-4-8-7-9(14)11(10-8)5-6-15(2,12)13/h7,10H,3-6H2,1-2H3. The zero-order valence-electron chi connectivity index (χ0n) is 8.99. The number of aryl methyl sites for hydroxylation is 2. The summed E-state index contributed by atoms with van der Waals surface area (Å²) in [5.41, 5.74) is 1.07. The first-order valence-electron chi connectivity index (χ1n) is 4.89. The number of aromatic amines is 1. The van der Waals surface area contributed by atoms with E-state index in [1.807, 2.05) is 6.07 Å². The second-order valence-corrected chi connectivity index (χ2v) is 6.33. The van der Waals surface area contributed by atoms with Crippen molar-refractivity contribution in [2.45, 2.75) is 26.3 Å². The lowest BCUT2D eigenvalue weighted by Crippen LogP contribution is -2.12. The highest BCUT2D eigenvalue weighted by Crippen LogP contribution is 2.02. The fourth-order valence-electron chi connectivity index (χ4n) is 1.31. The van der Waals surface area contributed by atoms with Gasteiger partial charge in [0.15, 0.2) is 0 Å². The Morgan fingerprint density at radius 2 is 2.20 bits per heavy atom. The van der Waals surface area contributed by atoms with E-state index >= 15 is 0 Å². The molecule has 0 unspecified atom stereocenters. The molecule has 0 amide bonds. The summed E-state index contributed by atoms with van der Waals surface area (Å²) in [6, 6.07) is 1.89. The lowest BCUT2D eigenvalue weighted by atomic mass is 10.3. The molecule has 6 heteroatoms. The van der Waals surface area contributed by atoms with Crippen molar-refractivity contribution in [1.82, 2.24) is 9.78 Å². The largest absolute Gasteiger partial charge is 0.302 e. The highest BCUT2D eigenvalue weighted by atomic mass is 32.2. The summed E-state index contributed by atoms with van der Waals surface area (Å²) in [6.45, 7) is 2.49. The first-order chi connectivity index (χ1) is 6.92. The van der Waals surface area contributed by atoms with Crippen molar-refractivity contribution in [1.29, 1.82) is 0 Å². The zero-order valence-corrected chi connectivity index (χ0v) is 10.6. The van der Waals surface area contributed by atoms with Gasteiger partial charge in [-0.25, -0.2) is 8.42 Å². The van der Waals surface area contributed by atoms with Crippen molar-refractivity contribution < 1.29 is 8.42 Å². The van der Waals surface area contributed by atoms with Crippen LogP contribution in [0.4, 0.5) is 0 Å². The van der Waals surface area contributed by atoms with Gasteiger partial charge in [0.2, 0.25) is 0 Å². The van der Waals surface area contributed by atoms with Crippen molar-refractivity contribution in [2.75, 3.05) is 12.0 Å². The van der Waals surface area contributed by atoms with Crippen molar-refractivity contribution in [3.8, 4) is 0 Å². The first-order valence-corrected chi connectivity index (χ1v) is 7.35. The van der Waals surface area contributed by atoms with Gasteiger partial charge in [-0.15, -0.1) is 0 Å². The molecule has 1 rings (SSSR count). The van der Waals surface area contributed by atoms with Gasteiger partial charge in [-0.1, -0.05) is 25.6 Å². The normalized spacial score (nSPS) is 11.9. The van der Waals surface area contributed by atoms with Crippen LogP contribution in [-0.4, -0.2) is 30.2 Å². The molecule has 0 atom stereocenters. The van der Waals surface area contributed by atoms with Crippen LogP contribution in [0.3, 0.4) is 0 Å². The molecule has 0 bridgehead atoms. The molecule has 0 aromatic carbocycles. The molecule has 0 aliphatic heterocycles. The lowest BCUT2D eigenvalue weighted by molar-refractivity contribution is 0.582. The molecule has 4 nitrogen and oxygen atoms in total. The number of sulfone groups is 1. The summed E-state index contributed by atoms with van der Waals surface area (Å²) in [4.78, 5) is 0. The lowest BCUT2D eigenvalue weighted by Gasteiger charge is -2.01. The maximum atomic E-state index is 11.0. The van der Waals surface area contributed by atoms with E-state index in [9.17, 15) is 8.42 Å². The molecule has 0 saturated carbocycles. The Balaban J connectivity index is 2.74. The Bertz CT molecular complexity index is 471. The van der Waals surface area contributed by atoms with Crippen molar-refractivity contribution in [2.24, 2.45) is 0 Å². The van der Waals surface area contributed by atoms with Crippen molar-refractivity contribution >= 4 is 22.1 Å². The molecule has 1 aromatic rings. The van der Waals surface area contributed by atoms with E-state index in [2.05, 4.69) is 12.0 Å². The van der Waals surface area contributed by atoms with Gasteiger partial charge in [-0.2, -0.15) is 0 Å². The molecule has 1 N–H and O–H groups in total. The Hall–Kier alpha value is -0.620. The highest BCUT2D eigenvalue weighted by Gasteiger charge is 2.04. The summed E-state index contributed by atoms with van der Waals surface area (Å²) in [7, 11) is -2.93. The maximum absolute atomic E-state index is 11.0. The minimum absolute atomic E-state index is 0.118. The fourth-order valence-corrected chi connectivity index (χ4v) is 2.10. The third-order valence-corrected chi connectivity index (χ3v) is 3.31. The Morgan fingerprint density at radius 3 is 2.73 bits per heavy atom. The zero-order chi connectivity index (χ0) is 11.5. The topological polar surface area (TPSA) is 54.9 Å². The summed E-state index contributed by atoms with van der Waals surface area (Å²) >= 11 is 5.11. The quantitative estimate of drug-likeness (QED) is 0.804. The molecule has 86 valence electrons. The molecule has 0 aliphatic carbocycles. The SMILES string of the molecule is CCCc1cc(=S)n(CCS(C)(=O)=O)[nH]1. The van der Waals surface area contributed by atoms with Gasteiger partial charge in [-0.05, 0) is 12.5 Å². The predicted molar refractivity (Wildman–Crippen MR) is 63.3 cm³/mol. The molecule has 0 saturated heterocycles. The molecule has 0 fully saturated rings. The van der Waals surface area contributed by atoms with Crippen molar-refractivity contribution in [3.63, 3.8) is 0 Å². The van der Waals surface area contributed by atoms with Crippen LogP contribution in [0.1, 0.15) is 19.0 Å². The van der Waals surface area contributed by atoms with Gasteiger partial charge in [0, 0.05) is 11.9 Å². The average molecular weight is 248 g/mol. The predicted octanol–water partition coefficient (Wildman–Crippen LogP) is 1.54. The molecule has 0 spiro atoms. The summed E-state index contributed by atoms with van der Waals surface area (Å²) < 4.78 is 24.4. The maximum Gasteiger partial charge on any atom is 0.149 e. The van der Waals surface area contributed by atoms with E-state index in [1.165, 1.54) is 6.26 Å². The Kier molecular flexibility index (Phi) is 4.10. The Labute approximate surface area is 95.2 Å². The average Bonchev–Trinajstić information content (AvgIpc) is 2.42. The Morgan fingerprint density at radius 1 is 1.53 bits per heavy atom. The minimum Gasteiger partial charge on any atom is -0.302 e. The minimum atomic E-state index is -2.93. The first kappa shape index (κ1) is 12.4. The number of nitrogens with one attached hydrogen (secondary N) is 1. The van der Waals surface area contributed by atoms with Crippen LogP contribution < -0.4 is 0 Å². The summed E-state index contributed by atoms with van der Waals surface area (Å²) in [5, 5.41) is 3.10. The molecule has 0 radical (unpaired) electrons. The number of H-pyrrole nitrogens is 1. The number of hydrogen-bond donors (Lipinski definition) is 1. The van der Waals surface area contributed by atoms with Crippen LogP contribution >= 0.6 is 12.2 Å². The number of aromatic nitrogens is 2. The monoisotopic (exact) mass is 248 g/mol. The third kappa shape index (κ3) is 4.17. The molecule has 1 heterocycles. The molecule has 1 aromatic heterocycles. The van der Waals surface area contributed by atoms with E-state index in [0.29, 0.717) is 11.2 Å². The molecular formula is C9H16N2O2S2. The van der Waals surface area contributed by atoms with Crippen LogP contribution in [0.25, 0.3) is 0 Å². The van der Waals surface area contributed by atoms with E-state index in [0.717, 1.165) is 18.5 Å². The van der Waals surface area contributed by atoms with E-state index in [1.54, 1.807) is 4.68 Å². The van der Waals surface area contributed by atoms with Gasteiger partial charge >= 0.3 is 0 Å². The fraction of sp³-hybridized carbons (Fsp3) is 0.667. The van der Waals surface area contributed by atoms with Crippen LogP contribution in [0.2, 0.25) is 0 Å². The van der Waals surface area contributed by atoms with Crippen LogP contribution in [0, 0.1) is 4.64 Å². The van der Waals surface area contributed by atoms with Gasteiger partial charge in [-0.3, -0.25) is 4.68 Å². The molecule has 0 aliphatic rings. The van der Waals surface area contributed by atoms with Crippen LogP contribution in [0.5, 0.6) is 0 Å². The van der Waals surface area contributed by atoms with Gasteiger partial charge < -0.3 is 5.10 Å². The van der Waals surface area contributed by atoms with Crippen LogP contribution in [0.15, 0.2) is 6.07 Å². The second kappa shape index (κ2) is 4.94. The highest BCUT2D eigenvalue weighted by molar-refractivity contribution is 7.90. The van der Waals surface area contributed by atoms with E-state index < -0.39 is 9.84 Å². The summed E-state index contributed by atoms with van der Waals surface area (Å²) in [6.07, 6.45) is 3.21. The number of nitrogens with zero attached hydrogens (tertiary/aromatic N) is 1. The summed E-state index contributed by atoms with van der Waals surface area (Å²) in [5.74, 6) is 0.118. The van der Waals surface area contributed by atoms with Gasteiger partial charge in [0.1, 0.15) is 14.5 Å². The van der Waals surface area contributed by atoms with E-state index in [4.69, 9.17) is 12.2 Å². The van der Waals surface area contributed by atoms with Gasteiger partial charge in [0.25, 0.3) is 0 Å². The smallest absolute Gasteiger partial charge is 0.149 e. The van der Waals surface area contributed by atoms with E-state index in [-0.39, 0.29) is 5.75 Å². The third-order valence-electron chi connectivity index (χ3n) is 2.05. The number of rotatable bonds is 5. The molecular weight excluding hydrogens is 232 g/mol. The molecule has 15 heavy (non-hydrogen) atoms.